The van der Waals surface area contributed by atoms with Gasteiger partial charge in [0.25, 0.3) is 0 Å². The molecule has 0 saturated carbocycles. The molecule has 3 nitrogen and oxygen atoms in total. The van der Waals surface area contributed by atoms with Gasteiger partial charge in [-0.1, -0.05) is 19.1 Å². The van der Waals surface area contributed by atoms with Crippen LogP contribution in [0.1, 0.15) is 31.9 Å². The molecule has 1 heterocycles. The molecule has 18 heavy (non-hydrogen) atoms. The first-order valence-electron chi connectivity index (χ1n) is 6.40. The van der Waals surface area contributed by atoms with Gasteiger partial charge in [0.15, 0.2) is 0 Å². The van der Waals surface area contributed by atoms with Crippen LogP contribution in [-0.4, -0.2) is 22.8 Å². The van der Waals surface area contributed by atoms with Crippen molar-refractivity contribution in [3.63, 3.8) is 0 Å². The van der Waals surface area contributed by atoms with Crippen LogP contribution in [0.3, 0.4) is 0 Å². The van der Waals surface area contributed by atoms with Crippen LogP contribution in [0, 0.1) is 0 Å². The number of hydrogen-bond acceptors (Lipinski definition) is 3. The van der Waals surface area contributed by atoms with Gasteiger partial charge in [-0.3, -0.25) is 4.98 Å². The highest BCUT2D eigenvalue weighted by Crippen LogP contribution is 2.24. The Labute approximate surface area is 107 Å². The lowest BCUT2D eigenvalue weighted by atomic mass is 10.0. The van der Waals surface area contributed by atoms with Crippen LogP contribution in [0.5, 0.6) is 0 Å². The molecule has 0 spiro atoms. The van der Waals surface area contributed by atoms with E-state index in [0.717, 1.165) is 22.9 Å². The minimum atomic E-state index is -0.584. The Morgan fingerprint density at radius 1 is 1.28 bits per heavy atom. The smallest absolute Gasteiger partial charge is 0.105 e. The van der Waals surface area contributed by atoms with Crippen molar-refractivity contribution in [2.24, 2.45) is 0 Å². The number of rotatable bonds is 5. The molecule has 0 aliphatic carbocycles. The zero-order valence-electron chi connectivity index (χ0n) is 10.8. The van der Waals surface area contributed by atoms with E-state index in [1.807, 2.05) is 44.2 Å². The maximum Gasteiger partial charge on any atom is 0.105 e. The van der Waals surface area contributed by atoms with Gasteiger partial charge in [0.1, 0.15) is 6.10 Å². The fourth-order valence-electron chi connectivity index (χ4n) is 2.14. The van der Waals surface area contributed by atoms with Crippen molar-refractivity contribution in [2.45, 2.75) is 32.5 Å². The summed E-state index contributed by atoms with van der Waals surface area (Å²) in [6, 6.07) is 9.74. The molecule has 0 bridgehead atoms. The minimum absolute atomic E-state index is 0.149. The summed E-state index contributed by atoms with van der Waals surface area (Å²) in [5.74, 6) is 0. The van der Waals surface area contributed by atoms with Crippen molar-refractivity contribution in [3.8, 4) is 0 Å². The van der Waals surface area contributed by atoms with E-state index in [2.05, 4.69) is 4.98 Å². The number of aliphatic hydroxyl groups is 1. The highest BCUT2D eigenvalue weighted by Gasteiger charge is 2.19. The SMILES string of the molecule is CCOC(CC)C(O)c1ccc2ncccc2c1. The van der Waals surface area contributed by atoms with Crippen molar-refractivity contribution in [2.75, 3.05) is 6.61 Å². The monoisotopic (exact) mass is 245 g/mol. The number of aromatic nitrogens is 1. The summed E-state index contributed by atoms with van der Waals surface area (Å²) >= 11 is 0. The Bertz CT molecular complexity index is 513. The van der Waals surface area contributed by atoms with Gasteiger partial charge in [-0.2, -0.15) is 0 Å². The van der Waals surface area contributed by atoms with Crippen molar-refractivity contribution in [1.82, 2.24) is 4.98 Å². The van der Waals surface area contributed by atoms with Crippen molar-refractivity contribution in [1.29, 1.82) is 0 Å². The van der Waals surface area contributed by atoms with E-state index in [-0.39, 0.29) is 6.10 Å². The minimum Gasteiger partial charge on any atom is -0.386 e. The third-order valence-corrected chi connectivity index (χ3v) is 3.10. The molecule has 0 radical (unpaired) electrons. The number of aliphatic hydroxyl groups excluding tert-OH is 1. The average molecular weight is 245 g/mol. The van der Waals surface area contributed by atoms with Gasteiger partial charge in [-0.25, -0.2) is 0 Å². The standard InChI is InChI=1S/C15H19NO2/c1-3-14(18-4-2)15(17)12-7-8-13-11(10-12)6-5-9-16-13/h5-10,14-15,17H,3-4H2,1-2H3. The Morgan fingerprint density at radius 3 is 2.83 bits per heavy atom. The summed E-state index contributed by atoms with van der Waals surface area (Å²) < 4.78 is 5.55. The van der Waals surface area contributed by atoms with Gasteiger partial charge >= 0.3 is 0 Å². The second kappa shape index (κ2) is 5.94. The van der Waals surface area contributed by atoms with Crippen LogP contribution >= 0.6 is 0 Å². The van der Waals surface area contributed by atoms with E-state index in [1.54, 1.807) is 6.20 Å². The second-order valence-corrected chi connectivity index (χ2v) is 4.30. The summed E-state index contributed by atoms with van der Waals surface area (Å²) in [5.41, 5.74) is 1.83. The molecule has 2 aromatic rings. The summed E-state index contributed by atoms with van der Waals surface area (Å²) in [6.45, 7) is 4.58. The summed E-state index contributed by atoms with van der Waals surface area (Å²) in [4.78, 5) is 4.27. The zero-order valence-corrected chi connectivity index (χ0v) is 10.8. The van der Waals surface area contributed by atoms with Crippen molar-refractivity contribution >= 4 is 10.9 Å². The second-order valence-electron chi connectivity index (χ2n) is 4.30. The number of pyridine rings is 1. The van der Waals surface area contributed by atoms with Crippen LogP contribution in [0.25, 0.3) is 10.9 Å². The Hall–Kier alpha value is -1.45. The molecule has 1 aromatic heterocycles. The Kier molecular flexibility index (Phi) is 4.28. The van der Waals surface area contributed by atoms with Crippen LogP contribution in [0.15, 0.2) is 36.5 Å². The van der Waals surface area contributed by atoms with Crippen molar-refractivity contribution < 1.29 is 9.84 Å². The largest absolute Gasteiger partial charge is 0.386 e. The molecular weight excluding hydrogens is 226 g/mol. The van der Waals surface area contributed by atoms with E-state index in [0.29, 0.717) is 6.61 Å². The Morgan fingerprint density at radius 2 is 2.11 bits per heavy atom. The number of benzene rings is 1. The average Bonchev–Trinajstić information content (AvgIpc) is 2.43. The highest BCUT2D eigenvalue weighted by molar-refractivity contribution is 5.79. The van der Waals surface area contributed by atoms with E-state index >= 15 is 0 Å². The molecule has 0 aliphatic heterocycles. The third-order valence-electron chi connectivity index (χ3n) is 3.10. The maximum atomic E-state index is 10.3. The summed E-state index contributed by atoms with van der Waals surface area (Å²) in [7, 11) is 0. The molecule has 96 valence electrons. The van der Waals surface area contributed by atoms with Crippen LogP contribution in [0.4, 0.5) is 0 Å². The van der Waals surface area contributed by atoms with Crippen LogP contribution < -0.4 is 0 Å². The van der Waals surface area contributed by atoms with E-state index in [1.165, 1.54) is 0 Å². The van der Waals surface area contributed by atoms with E-state index < -0.39 is 6.10 Å². The van der Waals surface area contributed by atoms with Crippen LogP contribution in [0.2, 0.25) is 0 Å². The normalized spacial score (nSPS) is 14.6. The molecule has 0 amide bonds. The van der Waals surface area contributed by atoms with E-state index in [9.17, 15) is 5.11 Å². The first-order valence-corrected chi connectivity index (χ1v) is 6.40. The van der Waals surface area contributed by atoms with Gasteiger partial charge in [0.2, 0.25) is 0 Å². The van der Waals surface area contributed by atoms with Gasteiger partial charge in [-0.15, -0.1) is 0 Å². The first kappa shape index (κ1) is 13.0. The predicted octanol–water partition coefficient (Wildman–Crippen LogP) is 3.08. The molecule has 0 fully saturated rings. The molecular formula is C15H19NO2. The van der Waals surface area contributed by atoms with E-state index in [4.69, 9.17) is 4.74 Å². The molecule has 3 heteroatoms. The fourth-order valence-corrected chi connectivity index (χ4v) is 2.14. The molecule has 2 unspecified atom stereocenters. The molecule has 2 rings (SSSR count). The van der Waals surface area contributed by atoms with Gasteiger partial charge < -0.3 is 9.84 Å². The van der Waals surface area contributed by atoms with Crippen molar-refractivity contribution in [3.05, 3.63) is 42.1 Å². The quantitative estimate of drug-likeness (QED) is 0.880. The maximum absolute atomic E-state index is 10.3. The lowest BCUT2D eigenvalue weighted by molar-refractivity contribution is -0.0355. The molecule has 0 saturated heterocycles. The van der Waals surface area contributed by atoms with Gasteiger partial charge in [0, 0.05) is 18.2 Å². The number of ether oxygens (including phenoxy) is 1. The number of fused-ring (bicyclic) bond motifs is 1. The number of hydrogen-bond donors (Lipinski definition) is 1. The Balaban J connectivity index is 2.29. The van der Waals surface area contributed by atoms with Gasteiger partial charge in [0.05, 0.1) is 11.6 Å². The summed E-state index contributed by atoms with van der Waals surface area (Å²) in [5, 5.41) is 11.4. The summed E-state index contributed by atoms with van der Waals surface area (Å²) in [6.07, 6.45) is 1.83. The number of nitrogens with zero attached hydrogens (tertiary/aromatic N) is 1. The zero-order chi connectivity index (χ0) is 13.0. The lowest BCUT2D eigenvalue weighted by Gasteiger charge is -2.22. The van der Waals surface area contributed by atoms with Gasteiger partial charge in [-0.05, 0) is 37.1 Å². The molecule has 2 atom stereocenters. The topological polar surface area (TPSA) is 42.4 Å². The molecule has 1 N–H and O–H groups in total. The third kappa shape index (κ3) is 2.68. The fraction of sp³-hybridized carbons (Fsp3) is 0.400. The molecule has 1 aromatic carbocycles. The lowest BCUT2D eigenvalue weighted by Crippen LogP contribution is -2.21. The van der Waals surface area contributed by atoms with Crippen LogP contribution in [-0.2, 0) is 4.74 Å². The molecule has 0 aliphatic rings. The highest BCUT2D eigenvalue weighted by atomic mass is 16.5. The predicted molar refractivity (Wildman–Crippen MR) is 72.4 cm³/mol. The first-order chi connectivity index (χ1) is 8.76.